The quantitative estimate of drug-likeness (QED) is 0.734. The molecule has 3 rings (SSSR count). The number of rotatable bonds is 2. The molecule has 0 aliphatic carbocycles. The van der Waals surface area contributed by atoms with Crippen molar-refractivity contribution >= 4 is 22.3 Å². The van der Waals surface area contributed by atoms with Crippen molar-refractivity contribution < 1.29 is 5.11 Å². The molecule has 0 bridgehead atoms. The predicted molar refractivity (Wildman–Crippen MR) is 93.9 cm³/mol. The van der Waals surface area contributed by atoms with Crippen LogP contribution < -0.4 is 5.56 Å². The van der Waals surface area contributed by atoms with Crippen molar-refractivity contribution in [3.8, 4) is 5.75 Å². The molecule has 1 heterocycles. The molecule has 4 heteroatoms. The number of pyridine rings is 1. The molecule has 0 fully saturated rings. The van der Waals surface area contributed by atoms with Crippen LogP contribution in [0.3, 0.4) is 0 Å². The molecule has 4 nitrogen and oxygen atoms in total. The topological polar surface area (TPSA) is 54.6 Å². The summed E-state index contributed by atoms with van der Waals surface area (Å²) in [5, 5.41) is 11.2. The number of benzene rings is 2. The van der Waals surface area contributed by atoms with Gasteiger partial charge in [0.05, 0.1) is 16.9 Å². The molecule has 3 aromatic rings. The first-order valence-electron chi connectivity index (χ1n) is 7.42. The van der Waals surface area contributed by atoms with Crippen LogP contribution in [0.2, 0.25) is 0 Å². The van der Waals surface area contributed by atoms with E-state index in [1.165, 1.54) is 0 Å². The summed E-state index contributed by atoms with van der Waals surface area (Å²) in [7, 11) is 1.70. The first kappa shape index (κ1) is 15.0. The Labute approximate surface area is 134 Å². The van der Waals surface area contributed by atoms with E-state index in [1.54, 1.807) is 24.6 Å². The second-order valence-corrected chi connectivity index (χ2v) is 5.64. The fourth-order valence-corrected chi connectivity index (χ4v) is 2.75. The van der Waals surface area contributed by atoms with Gasteiger partial charge in [0.1, 0.15) is 11.3 Å². The van der Waals surface area contributed by atoms with E-state index in [2.05, 4.69) is 4.99 Å². The third kappa shape index (κ3) is 2.63. The summed E-state index contributed by atoms with van der Waals surface area (Å²) in [6.45, 7) is 3.73. The zero-order chi connectivity index (χ0) is 16.6. The van der Waals surface area contributed by atoms with E-state index in [0.29, 0.717) is 16.6 Å². The Morgan fingerprint density at radius 1 is 1.13 bits per heavy atom. The van der Waals surface area contributed by atoms with Crippen LogP contribution in [0.25, 0.3) is 10.9 Å². The van der Waals surface area contributed by atoms with Gasteiger partial charge in [-0.15, -0.1) is 0 Å². The van der Waals surface area contributed by atoms with Crippen molar-refractivity contribution in [2.45, 2.75) is 13.8 Å². The molecule has 0 radical (unpaired) electrons. The van der Waals surface area contributed by atoms with Crippen molar-refractivity contribution in [1.29, 1.82) is 0 Å². The number of hydrogen-bond donors (Lipinski definition) is 1. The summed E-state index contributed by atoms with van der Waals surface area (Å²) in [5.41, 5.74) is 3.04. The maximum Gasteiger partial charge on any atom is 0.263 e. The van der Waals surface area contributed by atoms with Gasteiger partial charge < -0.3 is 9.67 Å². The molecule has 116 valence electrons. The summed E-state index contributed by atoms with van der Waals surface area (Å²) in [5.74, 6) is -0.0161. The number of fused-ring (bicyclic) bond motifs is 1. The Balaban J connectivity index is 2.26. The van der Waals surface area contributed by atoms with E-state index in [-0.39, 0.29) is 16.9 Å². The minimum Gasteiger partial charge on any atom is -0.506 e. The predicted octanol–water partition coefficient (Wildman–Crippen LogP) is 3.69. The van der Waals surface area contributed by atoms with E-state index in [0.717, 1.165) is 11.3 Å². The van der Waals surface area contributed by atoms with Crippen molar-refractivity contribution in [2.24, 2.45) is 12.0 Å². The standard InChI is InChI=1S/C19H18N2O2/c1-12-7-6-8-14(11-12)20-13(2)17-18(22)15-9-4-5-10-16(15)21(3)19(17)23/h4-11,22H,1-3H3. The highest BCUT2D eigenvalue weighted by atomic mass is 16.3. The number of hydrogen-bond acceptors (Lipinski definition) is 3. The number of aliphatic imine (C=N–C) groups is 1. The lowest BCUT2D eigenvalue weighted by molar-refractivity contribution is 0.478. The van der Waals surface area contributed by atoms with E-state index in [9.17, 15) is 9.90 Å². The molecule has 0 unspecified atom stereocenters. The molecule has 0 aliphatic heterocycles. The molecular formula is C19H18N2O2. The summed E-state index contributed by atoms with van der Waals surface area (Å²) in [6, 6.07) is 15.0. The van der Waals surface area contributed by atoms with Crippen LogP contribution in [-0.4, -0.2) is 15.4 Å². The van der Waals surface area contributed by atoms with Crippen molar-refractivity contribution in [3.63, 3.8) is 0 Å². The van der Waals surface area contributed by atoms with Crippen LogP contribution >= 0.6 is 0 Å². The molecule has 1 N–H and O–H groups in total. The van der Waals surface area contributed by atoms with E-state index >= 15 is 0 Å². The van der Waals surface area contributed by atoms with E-state index in [1.807, 2.05) is 49.4 Å². The molecule has 0 amide bonds. The average Bonchev–Trinajstić information content (AvgIpc) is 2.53. The van der Waals surface area contributed by atoms with Gasteiger partial charge in [-0.25, -0.2) is 0 Å². The van der Waals surface area contributed by atoms with Crippen LogP contribution in [0.4, 0.5) is 5.69 Å². The van der Waals surface area contributed by atoms with Crippen LogP contribution in [0.15, 0.2) is 58.3 Å². The minimum atomic E-state index is -0.255. The maximum absolute atomic E-state index is 12.6. The molecule has 1 aromatic heterocycles. The highest BCUT2D eigenvalue weighted by Gasteiger charge is 2.16. The molecule has 0 saturated heterocycles. The normalized spacial score (nSPS) is 11.9. The lowest BCUT2D eigenvalue weighted by Crippen LogP contribution is -2.24. The lowest BCUT2D eigenvalue weighted by Gasteiger charge is -2.11. The van der Waals surface area contributed by atoms with Gasteiger partial charge in [0.25, 0.3) is 5.56 Å². The monoisotopic (exact) mass is 306 g/mol. The largest absolute Gasteiger partial charge is 0.506 e. The van der Waals surface area contributed by atoms with Gasteiger partial charge in [-0.05, 0) is 43.7 Å². The second kappa shape index (κ2) is 5.72. The zero-order valence-electron chi connectivity index (χ0n) is 13.4. The van der Waals surface area contributed by atoms with Gasteiger partial charge in [0.2, 0.25) is 0 Å². The van der Waals surface area contributed by atoms with Gasteiger partial charge in [-0.3, -0.25) is 9.79 Å². The van der Waals surface area contributed by atoms with Gasteiger partial charge >= 0.3 is 0 Å². The third-order valence-electron chi connectivity index (χ3n) is 3.94. The van der Waals surface area contributed by atoms with Gasteiger partial charge in [0, 0.05) is 12.4 Å². The number of nitrogens with zero attached hydrogens (tertiary/aromatic N) is 2. The fourth-order valence-electron chi connectivity index (χ4n) is 2.75. The van der Waals surface area contributed by atoms with Gasteiger partial charge in [-0.1, -0.05) is 24.3 Å². The SMILES string of the molecule is CC(=Nc1cccc(C)c1)c1c(O)c2ccccc2n(C)c1=O. The smallest absolute Gasteiger partial charge is 0.263 e. The van der Waals surface area contributed by atoms with Gasteiger partial charge in [-0.2, -0.15) is 0 Å². The lowest BCUT2D eigenvalue weighted by atomic mass is 10.1. The summed E-state index contributed by atoms with van der Waals surface area (Å²) in [4.78, 5) is 17.1. The molecule has 0 atom stereocenters. The number of aromatic nitrogens is 1. The first-order chi connectivity index (χ1) is 11.0. The molecule has 23 heavy (non-hydrogen) atoms. The zero-order valence-corrected chi connectivity index (χ0v) is 13.4. The van der Waals surface area contributed by atoms with Crippen LogP contribution in [0.5, 0.6) is 5.75 Å². The van der Waals surface area contributed by atoms with Crippen molar-refractivity contribution in [1.82, 2.24) is 4.57 Å². The Kier molecular flexibility index (Phi) is 3.74. The molecular weight excluding hydrogens is 288 g/mol. The average molecular weight is 306 g/mol. The fraction of sp³-hybridized carbons (Fsp3) is 0.158. The van der Waals surface area contributed by atoms with E-state index < -0.39 is 0 Å². The molecule has 0 aliphatic rings. The number of para-hydroxylation sites is 1. The highest BCUT2D eigenvalue weighted by molar-refractivity contribution is 6.06. The third-order valence-corrected chi connectivity index (χ3v) is 3.94. The molecule has 2 aromatic carbocycles. The Hall–Kier alpha value is -2.88. The van der Waals surface area contributed by atoms with Gasteiger partial charge in [0.15, 0.2) is 0 Å². The Bertz CT molecular complexity index is 984. The maximum atomic E-state index is 12.6. The minimum absolute atomic E-state index is 0.0161. The van der Waals surface area contributed by atoms with Crippen LogP contribution in [0, 0.1) is 6.92 Å². The second-order valence-electron chi connectivity index (χ2n) is 5.64. The summed E-state index contributed by atoms with van der Waals surface area (Å²) < 4.78 is 1.54. The van der Waals surface area contributed by atoms with Crippen LogP contribution in [0.1, 0.15) is 18.1 Å². The number of aryl methyl sites for hydroxylation is 2. The summed E-state index contributed by atoms with van der Waals surface area (Å²) >= 11 is 0. The van der Waals surface area contributed by atoms with Crippen LogP contribution in [-0.2, 0) is 7.05 Å². The summed E-state index contributed by atoms with van der Waals surface area (Å²) in [6.07, 6.45) is 0. The van der Waals surface area contributed by atoms with Crippen molar-refractivity contribution in [3.05, 3.63) is 70.0 Å². The Morgan fingerprint density at radius 3 is 2.61 bits per heavy atom. The molecule has 0 saturated carbocycles. The number of aromatic hydroxyl groups is 1. The first-order valence-corrected chi connectivity index (χ1v) is 7.42. The molecule has 0 spiro atoms. The van der Waals surface area contributed by atoms with E-state index in [4.69, 9.17) is 0 Å². The Morgan fingerprint density at radius 2 is 1.87 bits per heavy atom. The highest BCUT2D eigenvalue weighted by Crippen LogP contribution is 2.27. The van der Waals surface area contributed by atoms with Crippen molar-refractivity contribution in [2.75, 3.05) is 0 Å².